The topological polar surface area (TPSA) is 18.5 Å². The summed E-state index contributed by atoms with van der Waals surface area (Å²) in [7, 11) is 0. The number of thiol groups is 2. The Kier molecular flexibility index (Phi) is 5.19. The fourth-order valence-corrected chi connectivity index (χ4v) is 0.251. The Bertz CT molecular complexity index is 39.9. The molecule has 0 unspecified atom stereocenters. The zero-order valence-corrected chi connectivity index (χ0v) is 5.78. The Balaban J connectivity index is 2.68. The molecule has 0 saturated carbocycles. The van der Waals surface area contributed by atoms with E-state index in [1.807, 2.05) is 6.92 Å². The van der Waals surface area contributed by atoms with Gasteiger partial charge in [-0.05, 0) is 6.92 Å². The van der Waals surface area contributed by atoms with Crippen molar-refractivity contribution in [3.05, 3.63) is 0 Å². The van der Waals surface area contributed by atoms with E-state index in [-0.39, 0.29) is 0 Å². The van der Waals surface area contributed by atoms with Crippen molar-refractivity contribution in [3.8, 4) is 0 Å². The van der Waals surface area contributed by atoms with Crippen LogP contribution in [0.3, 0.4) is 0 Å². The molecule has 0 saturated heterocycles. The third kappa shape index (κ3) is 6.62. The first-order valence-corrected chi connectivity index (χ1v) is 2.95. The van der Waals surface area contributed by atoms with Crippen LogP contribution in [0.4, 0.5) is 0 Å². The van der Waals surface area contributed by atoms with Crippen LogP contribution in [0.15, 0.2) is 0 Å². The van der Waals surface area contributed by atoms with E-state index in [2.05, 4.69) is 35.0 Å². The molecule has 0 amide bonds. The smallest absolute Gasteiger partial charge is 0.179 e. The van der Waals surface area contributed by atoms with Gasteiger partial charge < -0.3 is 0 Å². The number of hydrogen-bond donors (Lipinski definition) is 2. The highest BCUT2D eigenvalue weighted by Gasteiger charge is 1.90. The van der Waals surface area contributed by atoms with Crippen LogP contribution < -0.4 is 0 Å². The molecule has 0 aromatic carbocycles. The summed E-state index contributed by atoms with van der Waals surface area (Å²) in [6.07, 6.45) is 0. The van der Waals surface area contributed by atoms with E-state index in [4.69, 9.17) is 0 Å². The van der Waals surface area contributed by atoms with E-state index in [0.717, 1.165) is 0 Å². The lowest BCUT2D eigenvalue weighted by atomic mass is 10.9. The van der Waals surface area contributed by atoms with Crippen molar-refractivity contribution in [1.82, 2.24) is 0 Å². The predicted octanol–water partition coefficient (Wildman–Crippen LogP) is 1.10. The van der Waals surface area contributed by atoms with Crippen molar-refractivity contribution in [2.75, 3.05) is 6.61 Å². The largest absolute Gasteiger partial charge is 0.235 e. The van der Waals surface area contributed by atoms with Gasteiger partial charge in [-0.3, -0.25) is 0 Å². The van der Waals surface area contributed by atoms with Crippen LogP contribution in [0.2, 0.25) is 0 Å². The molecule has 0 aliphatic carbocycles. The highest BCUT2D eigenvalue weighted by atomic mass is 32.2. The lowest BCUT2D eigenvalue weighted by Crippen LogP contribution is -1.96. The zero-order chi connectivity index (χ0) is 5.70. The van der Waals surface area contributed by atoms with Gasteiger partial charge in [-0.15, -0.1) is 25.3 Å². The molecule has 0 fully saturated rings. The van der Waals surface area contributed by atoms with Crippen LogP contribution in [0, 0.1) is 0 Å². The molecular formula is C3H8O2S2. The summed E-state index contributed by atoms with van der Waals surface area (Å²) in [6, 6.07) is 0. The van der Waals surface area contributed by atoms with Crippen LogP contribution in [0.25, 0.3) is 0 Å². The van der Waals surface area contributed by atoms with Gasteiger partial charge in [0.2, 0.25) is 0 Å². The minimum Gasteiger partial charge on any atom is -0.235 e. The van der Waals surface area contributed by atoms with Gasteiger partial charge in [0.05, 0.1) is 6.61 Å². The maximum Gasteiger partial charge on any atom is 0.179 e. The SMILES string of the molecule is CCOOC(S)S. The molecule has 0 spiro atoms. The molecule has 0 aliphatic rings. The molecule has 44 valence electrons. The first-order valence-electron chi connectivity index (χ1n) is 1.91. The van der Waals surface area contributed by atoms with E-state index in [9.17, 15) is 0 Å². The van der Waals surface area contributed by atoms with Crippen molar-refractivity contribution in [2.24, 2.45) is 0 Å². The third-order valence-corrected chi connectivity index (χ3v) is 0.444. The summed E-state index contributed by atoms with van der Waals surface area (Å²) in [5.74, 6) is 0. The maximum atomic E-state index is 4.44. The second kappa shape index (κ2) is 4.77. The average molecular weight is 140 g/mol. The Labute approximate surface area is 53.9 Å². The van der Waals surface area contributed by atoms with Gasteiger partial charge >= 0.3 is 0 Å². The van der Waals surface area contributed by atoms with Crippen molar-refractivity contribution in [2.45, 2.75) is 11.7 Å². The van der Waals surface area contributed by atoms with Crippen LogP contribution in [-0.4, -0.2) is 11.4 Å². The first-order chi connectivity index (χ1) is 3.27. The first kappa shape index (κ1) is 7.62. The summed E-state index contributed by atoms with van der Waals surface area (Å²) in [4.78, 5) is 8.86. The molecule has 0 radical (unpaired) electrons. The summed E-state index contributed by atoms with van der Waals surface area (Å²) < 4.78 is -0.431. The van der Waals surface area contributed by atoms with E-state index in [1.54, 1.807) is 0 Å². The summed E-state index contributed by atoms with van der Waals surface area (Å²) in [5, 5.41) is 0. The van der Waals surface area contributed by atoms with E-state index in [0.29, 0.717) is 6.61 Å². The van der Waals surface area contributed by atoms with Crippen molar-refractivity contribution < 1.29 is 9.78 Å². The highest BCUT2D eigenvalue weighted by Crippen LogP contribution is 2.00. The number of hydrogen-bond acceptors (Lipinski definition) is 4. The normalized spacial score (nSPS) is 10.3. The zero-order valence-electron chi connectivity index (χ0n) is 4.00. The van der Waals surface area contributed by atoms with Gasteiger partial charge in [0.25, 0.3) is 0 Å². The molecule has 0 aromatic rings. The quantitative estimate of drug-likeness (QED) is 0.265. The minimum atomic E-state index is -0.431. The number of rotatable bonds is 3. The molecule has 0 aromatic heterocycles. The van der Waals surface area contributed by atoms with Gasteiger partial charge in [0, 0.05) is 0 Å². The second-order valence-corrected chi connectivity index (χ2v) is 2.17. The molecular weight excluding hydrogens is 132 g/mol. The fourth-order valence-electron chi connectivity index (χ4n) is 0.129. The molecule has 0 rings (SSSR count). The van der Waals surface area contributed by atoms with Crippen molar-refractivity contribution in [1.29, 1.82) is 0 Å². The second-order valence-electron chi connectivity index (χ2n) is 0.829. The summed E-state index contributed by atoms with van der Waals surface area (Å²) in [6.45, 7) is 2.35. The average Bonchev–Trinajstić information content (AvgIpc) is 1.61. The molecule has 7 heavy (non-hydrogen) atoms. The van der Waals surface area contributed by atoms with E-state index < -0.39 is 4.77 Å². The van der Waals surface area contributed by atoms with Crippen LogP contribution >= 0.6 is 25.3 Å². The Morgan fingerprint density at radius 3 is 2.29 bits per heavy atom. The Morgan fingerprint density at radius 1 is 1.57 bits per heavy atom. The van der Waals surface area contributed by atoms with Gasteiger partial charge in [-0.1, -0.05) is 0 Å². The Hall–Kier alpha value is 0.620. The van der Waals surface area contributed by atoms with Crippen LogP contribution in [0.5, 0.6) is 0 Å². The lowest BCUT2D eigenvalue weighted by Gasteiger charge is -2.00. The van der Waals surface area contributed by atoms with Gasteiger partial charge in [0.1, 0.15) is 0 Å². The lowest BCUT2D eigenvalue weighted by molar-refractivity contribution is -0.282. The van der Waals surface area contributed by atoms with Crippen molar-refractivity contribution >= 4 is 25.3 Å². The molecule has 0 aliphatic heterocycles. The molecule has 2 nitrogen and oxygen atoms in total. The predicted molar refractivity (Wildman–Crippen MR) is 34.5 cm³/mol. The van der Waals surface area contributed by atoms with Gasteiger partial charge in [-0.2, -0.15) is 0 Å². The third-order valence-electron chi connectivity index (χ3n) is 0.272. The van der Waals surface area contributed by atoms with Crippen molar-refractivity contribution in [3.63, 3.8) is 0 Å². The van der Waals surface area contributed by atoms with E-state index >= 15 is 0 Å². The van der Waals surface area contributed by atoms with Crippen LogP contribution in [-0.2, 0) is 9.78 Å². The standard InChI is InChI=1S/C3H8O2S2/c1-2-4-5-3(6)7/h3,6-7H,2H2,1H3. The molecule has 0 heterocycles. The minimum absolute atomic E-state index is 0.431. The summed E-state index contributed by atoms with van der Waals surface area (Å²) >= 11 is 7.50. The van der Waals surface area contributed by atoms with Crippen LogP contribution in [0.1, 0.15) is 6.92 Å². The molecule has 0 N–H and O–H groups in total. The molecule has 0 bridgehead atoms. The highest BCUT2D eigenvalue weighted by molar-refractivity contribution is 7.98. The maximum absolute atomic E-state index is 4.44. The van der Waals surface area contributed by atoms with Gasteiger partial charge in [0.15, 0.2) is 4.77 Å². The van der Waals surface area contributed by atoms with E-state index in [1.165, 1.54) is 0 Å². The molecule has 4 heteroatoms. The molecule has 0 atom stereocenters. The monoisotopic (exact) mass is 140 g/mol. The van der Waals surface area contributed by atoms with Gasteiger partial charge in [-0.25, -0.2) is 9.78 Å². The Morgan fingerprint density at radius 2 is 2.14 bits per heavy atom. The summed E-state index contributed by atoms with van der Waals surface area (Å²) in [5.41, 5.74) is 0. The fraction of sp³-hybridized carbons (Fsp3) is 1.00.